The van der Waals surface area contributed by atoms with Crippen LogP contribution in [0.3, 0.4) is 0 Å². The topological polar surface area (TPSA) is 55.0 Å². The third kappa shape index (κ3) is 2.08. The van der Waals surface area contributed by atoms with Gasteiger partial charge in [-0.15, -0.1) is 0 Å². The quantitative estimate of drug-likeness (QED) is 0.834. The van der Waals surface area contributed by atoms with E-state index in [4.69, 9.17) is 4.74 Å². The first-order valence-corrected chi connectivity index (χ1v) is 4.57. The van der Waals surface area contributed by atoms with Crippen molar-refractivity contribution >= 4 is 11.0 Å². The fourth-order valence-electron chi connectivity index (χ4n) is 1.38. The van der Waals surface area contributed by atoms with Crippen LogP contribution in [0.25, 0.3) is 11.0 Å². The largest absolute Gasteiger partial charge is 0.497 e. The highest BCUT2D eigenvalue weighted by Gasteiger charge is 2.36. The number of aromatic nitrogens is 2. The second kappa shape index (κ2) is 3.76. The first kappa shape index (κ1) is 11.4. The van der Waals surface area contributed by atoms with Gasteiger partial charge in [-0.25, -0.2) is 4.98 Å². The molecule has 0 bridgehead atoms. The Labute approximate surface area is 93.1 Å². The third-order valence-electron chi connectivity index (χ3n) is 2.17. The van der Waals surface area contributed by atoms with Gasteiger partial charge in [0.2, 0.25) is 5.69 Å². The van der Waals surface area contributed by atoms with E-state index in [1.807, 2.05) is 0 Å². The number of benzene rings is 1. The van der Waals surface area contributed by atoms with Gasteiger partial charge < -0.3 is 9.72 Å². The smallest absolute Gasteiger partial charge is 0.438 e. The number of alkyl halides is 3. The van der Waals surface area contributed by atoms with Crippen molar-refractivity contribution in [2.24, 2.45) is 0 Å². The first-order chi connectivity index (χ1) is 7.91. The Morgan fingerprint density at radius 1 is 1.35 bits per heavy atom. The summed E-state index contributed by atoms with van der Waals surface area (Å²) in [6, 6.07) is 4.22. The average molecular weight is 244 g/mol. The van der Waals surface area contributed by atoms with Crippen LogP contribution in [0.2, 0.25) is 0 Å². The Hall–Kier alpha value is -2.05. The number of hydrogen-bond acceptors (Lipinski definition) is 3. The van der Waals surface area contributed by atoms with Gasteiger partial charge in [-0.05, 0) is 12.1 Å². The number of ether oxygens (including phenoxy) is 1. The molecule has 0 spiro atoms. The molecule has 0 saturated heterocycles. The highest BCUT2D eigenvalue weighted by atomic mass is 19.4. The Morgan fingerprint density at radius 2 is 2.06 bits per heavy atom. The van der Waals surface area contributed by atoms with Crippen LogP contribution in [0.5, 0.6) is 5.75 Å². The van der Waals surface area contributed by atoms with E-state index < -0.39 is 17.4 Å². The van der Waals surface area contributed by atoms with Crippen molar-refractivity contribution in [1.29, 1.82) is 0 Å². The van der Waals surface area contributed by atoms with Crippen molar-refractivity contribution in [2.75, 3.05) is 7.11 Å². The van der Waals surface area contributed by atoms with Gasteiger partial charge in [0.1, 0.15) is 5.75 Å². The van der Waals surface area contributed by atoms with Gasteiger partial charge in [-0.2, -0.15) is 13.2 Å². The molecular formula is C10H7F3N2O2. The Bertz CT molecular complexity index is 619. The third-order valence-corrected chi connectivity index (χ3v) is 2.17. The fraction of sp³-hybridized carbons (Fsp3) is 0.200. The van der Waals surface area contributed by atoms with Gasteiger partial charge >= 0.3 is 6.18 Å². The minimum Gasteiger partial charge on any atom is -0.497 e. The van der Waals surface area contributed by atoms with Gasteiger partial charge in [0.15, 0.2) is 0 Å². The molecule has 0 atom stereocenters. The summed E-state index contributed by atoms with van der Waals surface area (Å²) in [6.07, 6.45) is -4.76. The molecular weight excluding hydrogens is 237 g/mol. The predicted octanol–water partition coefficient (Wildman–Crippen LogP) is 1.95. The van der Waals surface area contributed by atoms with Gasteiger partial charge in [-0.1, -0.05) is 0 Å². The van der Waals surface area contributed by atoms with E-state index in [9.17, 15) is 18.0 Å². The number of nitrogens with zero attached hydrogens (tertiary/aromatic N) is 1. The van der Waals surface area contributed by atoms with E-state index in [0.717, 1.165) is 0 Å². The highest BCUT2D eigenvalue weighted by Crippen LogP contribution is 2.26. The summed E-state index contributed by atoms with van der Waals surface area (Å²) in [5.74, 6) is 0.426. The summed E-state index contributed by atoms with van der Waals surface area (Å²) in [5.41, 5.74) is -2.46. The van der Waals surface area contributed by atoms with Crippen molar-refractivity contribution < 1.29 is 17.9 Å². The second-order valence-electron chi connectivity index (χ2n) is 3.30. The van der Waals surface area contributed by atoms with Crippen LogP contribution < -0.4 is 10.3 Å². The molecule has 17 heavy (non-hydrogen) atoms. The van der Waals surface area contributed by atoms with Crippen molar-refractivity contribution in [3.8, 4) is 5.75 Å². The molecule has 7 heteroatoms. The van der Waals surface area contributed by atoms with E-state index >= 15 is 0 Å². The number of H-pyrrole nitrogens is 1. The number of fused-ring (bicyclic) bond motifs is 1. The second-order valence-corrected chi connectivity index (χ2v) is 3.30. The molecule has 0 aliphatic rings. The lowest BCUT2D eigenvalue weighted by Gasteiger charge is -2.06. The maximum Gasteiger partial charge on any atom is 0.438 e. The number of hydrogen-bond donors (Lipinski definition) is 1. The molecule has 1 aromatic carbocycles. The number of nitrogens with one attached hydrogen (secondary N) is 1. The molecule has 90 valence electrons. The Balaban J connectivity index is 2.71. The van der Waals surface area contributed by atoms with Crippen LogP contribution in [0.1, 0.15) is 5.69 Å². The lowest BCUT2D eigenvalue weighted by atomic mass is 10.2. The Kier molecular flexibility index (Phi) is 2.53. The SMILES string of the molecule is COc1ccc2nc(C(F)(F)F)c(=O)[nH]c2c1. The van der Waals surface area contributed by atoms with E-state index in [0.29, 0.717) is 5.75 Å². The molecule has 0 aliphatic heterocycles. The first-order valence-electron chi connectivity index (χ1n) is 4.57. The Morgan fingerprint density at radius 3 is 2.65 bits per heavy atom. The summed E-state index contributed by atoms with van der Waals surface area (Å²) in [5, 5.41) is 0. The number of rotatable bonds is 1. The van der Waals surface area contributed by atoms with E-state index in [1.165, 1.54) is 25.3 Å². The molecule has 0 radical (unpaired) electrons. The van der Waals surface area contributed by atoms with Crippen LogP contribution in [0.4, 0.5) is 13.2 Å². The molecule has 0 unspecified atom stereocenters. The van der Waals surface area contributed by atoms with Crippen LogP contribution in [-0.4, -0.2) is 17.1 Å². The van der Waals surface area contributed by atoms with Gasteiger partial charge in [0.25, 0.3) is 5.56 Å². The predicted molar refractivity (Wildman–Crippen MR) is 53.9 cm³/mol. The molecule has 1 aromatic heterocycles. The van der Waals surface area contributed by atoms with Crippen molar-refractivity contribution in [2.45, 2.75) is 6.18 Å². The summed E-state index contributed by atoms with van der Waals surface area (Å²) in [7, 11) is 1.41. The van der Waals surface area contributed by atoms with E-state index in [2.05, 4.69) is 9.97 Å². The minimum absolute atomic E-state index is 0.0534. The van der Waals surface area contributed by atoms with Crippen molar-refractivity contribution in [3.05, 3.63) is 34.2 Å². The number of halogens is 3. The monoisotopic (exact) mass is 244 g/mol. The minimum atomic E-state index is -4.76. The fourth-order valence-corrected chi connectivity index (χ4v) is 1.38. The molecule has 0 fully saturated rings. The zero-order valence-electron chi connectivity index (χ0n) is 8.63. The zero-order chi connectivity index (χ0) is 12.6. The lowest BCUT2D eigenvalue weighted by Crippen LogP contribution is -2.23. The van der Waals surface area contributed by atoms with Crippen molar-refractivity contribution in [3.63, 3.8) is 0 Å². The van der Waals surface area contributed by atoms with Gasteiger partial charge in [-0.3, -0.25) is 4.79 Å². The summed E-state index contributed by atoms with van der Waals surface area (Å²) in [6.45, 7) is 0. The maximum atomic E-state index is 12.4. The molecule has 2 rings (SSSR count). The van der Waals surface area contributed by atoms with Crippen molar-refractivity contribution in [1.82, 2.24) is 9.97 Å². The van der Waals surface area contributed by atoms with Crippen LogP contribution in [0.15, 0.2) is 23.0 Å². The molecule has 1 heterocycles. The molecule has 0 amide bonds. The van der Waals surface area contributed by atoms with Crippen LogP contribution >= 0.6 is 0 Å². The van der Waals surface area contributed by atoms with Gasteiger partial charge in [0.05, 0.1) is 18.1 Å². The van der Waals surface area contributed by atoms with Gasteiger partial charge in [0, 0.05) is 6.07 Å². The summed E-state index contributed by atoms with van der Waals surface area (Å²) >= 11 is 0. The normalized spacial score (nSPS) is 11.8. The zero-order valence-corrected chi connectivity index (χ0v) is 8.63. The molecule has 0 aliphatic carbocycles. The summed E-state index contributed by atoms with van der Waals surface area (Å²) < 4.78 is 42.1. The number of methoxy groups -OCH3 is 1. The molecule has 4 nitrogen and oxygen atoms in total. The van der Waals surface area contributed by atoms with Crippen LogP contribution in [-0.2, 0) is 6.18 Å². The standard InChI is InChI=1S/C10H7F3N2O2/c1-17-5-2-3-6-7(4-5)15-9(16)8(14-6)10(11,12)13/h2-4H,1H3,(H,15,16). The van der Waals surface area contributed by atoms with E-state index in [-0.39, 0.29) is 11.0 Å². The summed E-state index contributed by atoms with van der Waals surface area (Å²) in [4.78, 5) is 16.6. The molecule has 1 N–H and O–H groups in total. The average Bonchev–Trinajstić information content (AvgIpc) is 2.25. The molecule has 0 saturated carbocycles. The molecule has 2 aromatic rings. The lowest BCUT2D eigenvalue weighted by molar-refractivity contribution is -0.142. The number of aromatic amines is 1. The maximum absolute atomic E-state index is 12.4. The highest BCUT2D eigenvalue weighted by molar-refractivity contribution is 5.75. The van der Waals surface area contributed by atoms with E-state index in [1.54, 1.807) is 0 Å². The van der Waals surface area contributed by atoms with Crippen LogP contribution in [0, 0.1) is 0 Å².